The van der Waals surface area contributed by atoms with Gasteiger partial charge in [-0.15, -0.1) is 11.3 Å². The Morgan fingerprint density at radius 1 is 0.967 bits per heavy atom. The summed E-state index contributed by atoms with van der Waals surface area (Å²) in [5.41, 5.74) is 4.52. The van der Waals surface area contributed by atoms with Crippen LogP contribution in [0, 0.1) is 0 Å². The van der Waals surface area contributed by atoms with Gasteiger partial charge in [-0.2, -0.15) is 0 Å². The van der Waals surface area contributed by atoms with E-state index in [0.29, 0.717) is 11.1 Å². The van der Waals surface area contributed by atoms with Gasteiger partial charge in [0, 0.05) is 34.0 Å². The van der Waals surface area contributed by atoms with E-state index >= 15 is 0 Å². The lowest BCUT2D eigenvalue weighted by atomic mass is 9.77. The first-order valence-electron chi connectivity index (χ1n) is 9.81. The van der Waals surface area contributed by atoms with E-state index in [4.69, 9.17) is 4.74 Å². The molecule has 4 rings (SSSR count). The lowest BCUT2D eigenvalue weighted by molar-refractivity contribution is -0.136. The number of methoxy groups -OCH3 is 1. The van der Waals surface area contributed by atoms with Crippen molar-refractivity contribution in [1.82, 2.24) is 5.32 Å². The fraction of sp³-hybridized carbons (Fsp3) is 0.200. The van der Waals surface area contributed by atoms with Crippen LogP contribution in [0.25, 0.3) is 10.1 Å². The van der Waals surface area contributed by atoms with Crippen LogP contribution < -0.4 is 5.32 Å². The Balaban J connectivity index is 1.87. The lowest BCUT2D eigenvalue weighted by Crippen LogP contribution is -2.32. The quantitative estimate of drug-likeness (QED) is 0.586. The molecule has 3 aromatic rings. The molecule has 1 unspecified atom stereocenters. The van der Waals surface area contributed by atoms with Crippen molar-refractivity contribution in [1.29, 1.82) is 0 Å². The molecule has 0 fully saturated rings. The number of rotatable bonds is 5. The van der Waals surface area contributed by atoms with E-state index < -0.39 is 11.9 Å². The number of dihydropyridines is 1. The zero-order chi connectivity index (χ0) is 21.3. The van der Waals surface area contributed by atoms with Crippen LogP contribution in [0.3, 0.4) is 0 Å². The second-order valence-corrected chi connectivity index (χ2v) is 8.31. The number of fused-ring (bicyclic) bond motifs is 1. The standard InChI is InChI=1S/C25H23NO3S/c1-15-22(20(27)13-17-9-5-4-6-10-17)24(23(16(2)26-15)25(28)29-3)19-14-30-21-12-8-7-11-18(19)21/h4-12,14,24,26H,13H2,1-3H3. The molecule has 0 radical (unpaired) electrons. The van der Waals surface area contributed by atoms with Crippen molar-refractivity contribution >= 4 is 33.2 Å². The van der Waals surface area contributed by atoms with Crippen LogP contribution in [0.15, 0.2) is 82.5 Å². The van der Waals surface area contributed by atoms with E-state index in [1.165, 1.54) is 7.11 Å². The molecular formula is C25H23NO3S. The second kappa shape index (κ2) is 8.28. The molecule has 0 saturated heterocycles. The Hall–Kier alpha value is -3.18. The summed E-state index contributed by atoms with van der Waals surface area (Å²) in [6.07, 6.45) is 0.279. The number of ether oxygens (including phenoxy) is 1. The molecule has 1 aliphatic heterocycles. The molecule has 30 heavy (non-hydrogen) atoms. The number of Topliss-reactive ketones (excluding diaryl/α,β-unsaturated/α-hetero) is 1. The molecular weight excluding hydrogens is 394 g/mol. The molecule has 152 valence electrons. The fourth-order valence-corrected chi connectivity index (χ4v) is 5.14. The van der Waals surface area contributed by atoms with Gasteiger partial charge in [-0.3, -0.25) is 4.79 Å². The average Bonchev–Trinajstić information content (AvgIpc) is 3.17. The summed E-state index contributed by atoms with van der Waals surface area (Å²) >= 11 is 1.62. The monoisotopic (exact) mass is 417 g/mol. The molecule has 0 aliphatic carbocycles. The highest BCUT2D eigenvalue weighted by Crippen LogP contribution is 2.43. The summed E-state index contributed by atoms with van der Waals surface area (Å²) in [5, 5.41) is 6.35. The number of carbonyl (C=O) groups is 2. The molecule has 1 atom stereocenters. The smallest absolute Gasteiger partial charge is 0.336 e. The van der Waals surface area contributed by atoms with Crippen LogP contribution in [0.1, 0.15) is 30.9 Å². The Kier molecular flexibility index (Phi) is 5.55. The maximum Gasteiger partial charge on any atom is 0.336 e. The van der Waals surface area contributed by atoms with Gasteiger partial charge in [-0.1, -0.05) is 48.5 Å². The molecule has 1 N–H and O–H groups in total. The van der Waals surface area contributed by atoms with Gasteiger partial charge in [-0.25, -0.2) is 4.79 Å². The normalized spacial score (nSPS) is 16.6. The van der Waals surface area contributed by atoms with Crippen molar-refractivity contribution < 1.29 is 14.3 Å². The number of hydrogen-bond acceptors (Lipinski definition) is 5. The van der Waals surface area contributed by atoms with E-state index in [-0.39, 0.29) is 12.2 Å². The number of carbonyl (C=O) groups excluding carboxylic acids is 2. The van der Waals surface area contributed by atoms with E-state index in [9.17, 15) is 9.59 Å². The number of benzene rings is 2. The summed E-state index contributed by atoms with van der Waals surface area (Å²) in [6, 6.07) is 17.8. The first kappa shape index (κ1) is 20.1. The molecule has 1 aromatic heterocycles. The van der Waals surface area contributed by atoms with Crippen molar-refractivity contribution in [2.24, 2.45) is 0 Å². The van der Waals surface area contributed by atoms with E-state index in [2.05, 4.69) is 16.8 Å². The van der Waals surface area contributed by atoms with E-state index in [0.717, 1.165) is 32.6 Å². The molecule has 0 saturated carbocycles. The van der Waals surface area contributed by atoms with E-state index in [1.807, 2.05) is 62.4 Å². The minimum Gasteiger partial charge on any atom is -0.466 e. The van der Waals surface area contributed by atoms with Crippen LogP contribution in [0.2, 0.25) is 0 Å². The predicted octanol–water partition coefficient (Wildman–Crippen LogP) is 5.12. The zero-order valence-corrected chi connectivity index (χ0v) is 18.0. The molecule has 0 amide bonds. The molecule has 2 aromatic carbocycles. The first-order valence-corrected chi connectivity index (χ1v) is 10.7. The van der Waals surface area contributed by atoms with Gasteiger partial charge in [0.15, 0.2) is 5.78 Å². The van der Waals surface area contributed by atoms with Crippen LogP contribution >= 0.6 is 11.3 Å². The van der Waals surface area contributed by atoms with Crippen LogP contribution in [0.4, 0.5) is 0 Å². The number of nitrogens with one attached hydrogen (secondary N) is 1. The molecule has 2 heterocycles. The number of allylic oxidation sites excluding steroid dienone is 3. The number of ketones is 1. The minimum absolute atomic E-state index is 0.000356. The molecule has 1 aliphatic rings. The largest absolute Gasteiger partial charge is 0.466 e. The number of hydrogen-bond donors (Lipinski definition) is 1. The highest BCUT2D eigenvalue weighted by molar-refractivity contribution is 7.17. The minimum atomic E-state index is -0.467. The summed E-state index contributed by atoms with van der Waals surface area (Å²) < 4.78 is 6.24. The first-order chi connectivity index (χ1) is 14.5. The van der Waals surface area contributed by atoms with Crippen LogP contribution in [0.5, 0.6) is 0 Å². The third-order valence-corrected chi connectivity index (χ3v) is 6.48. The van der Waals surface area contributed by atoms with Crippen LogP contribution in [-0.2, 0) is 20.7 Å². The zero-order valence-electron chi connectivity index (χ0n) is 17.2. The predicted molar refractivity (Wildman–Crippen MR) is 120 cm³/mol. The number of thiophene rings is 1. The lowest BCUT2D eigenvalue weighted by Gasteiger charge is -2.30. The van der Waals surface area contributed by atoms with Crippen LogP contribution in [-0.4, -0.2) is 18.9 Å². The SMILES string of the molecule is COC(=O)C1=C(C)NC(C)=C(C(=O)Cc2ccccc2)C1c1csc2ccccc12. The van der Waals surface area contributed by atoms with Gasteiger partial charge < -0.3 is 10.1 Å². The average molecular weight is 418 g/mol. The Bertz CT molecular complexity index is 1190. The summed E-state index contributed by atoms with van der Waals surface area (Å²) in [5.74, 6) is -0.885. The van der Waals surface area contributed by atoms with Crippen molar-refractivity contribution in [3.8, 4) is 0 Å². The Morgan fingerprint density at radius 2 is 1.63 bits per heavy atom. The van der Waals surface area contributed by atoms with Crippen molar-refractivity contribution in [2.45, 2.75) is 26.2 Å². The molecule has 4 nitrogen and oxygen atoms in total. The highest BCUT2D eigenvalue weighted by atomic mass is 32.1. The van der Waals surface area contributed by atoms with Gasteiger partial charge >= 0.3 is 5.97 Å². The van der Waals surface area contributed by atoms with Gasteiger partial charge in [0.05, 0.1) is 12.7 Å². The van der Waals surface area contributed by atoms with Crippen molar-refractivity contribution in [3.63, 3.8) is 0 Å². The topological polar surface area (TPSA) is 55.4 Å². The van der Waals surface area contributed by atoms with Gasteiger partial charge in [0.1, 0.15) is 0 Å². The van der Waals surface area contributed by atoms with Gasteiger partial charge in [-0.05, 0) is 41.8 Å². The summed E-state index contributed by atoms with van der Waals surface area (Å²) in [6.45, 7) is 3.76. The number of esters is 1. The third-order valence-electron chi connectivity index (χ3n) is 5.50. The Morgan fingerprint density at radius 3 is 2.37 bits per heavy atom. The van der Waals surface area contributed by atoms with Crippen molar-refractivity contribution in [2.75, 3.05) is 7.11 Å². The Labute approximate surface area is 179 Å². The second-order valence-electron chi connectivity index (χ2n) is 7.40. The maximum absolute atomic E-state index is 13.5. The van der Waals surface area contributed by atoms with Crippen molar-refractivity contribution in [3.05, 3.63) is 93.6 Å². The summed E-state index contributed by atoms with van der Waals surface area (Å²) in [7, 11) is 1.38. The van der Waals surface area contributed by atoms with E-state index in [1.54, 1.807) is 11.3 Å². The molecule has 5 heteroatoms. The highest BCUT2D eigenvalue weighted by Gasteiger charge is 2.37. The summed E-state index contributed by atoms with van der Waals surface area (Å²) in [4.78, 5) is 26.3. The van der Waals surface area contributed by atoms with Gasteiger partial charge in [0.25, 0.3) is 0 Å². The molecule has 0 spiro atoms. The molecule has 0 bridgehead atoms. The fourth-order valence-electron chi connectivity index (χ4n) is 4.15. The maximum atomic E-state index is 13.5. The third kappa shape index (κ3) is 3.57. The van der Waals surface area contributed by atoms with Gasteiger partial charge in [0.2, 0.25) is 0 Å².